The first kappa shape index (κ1) is 17.4. The Morgan fingerprint density at radius 3 is 2.78 bits per heavy atom. The maximum absolute atomic E-state index is 12.7. The van der Waals surface area contributed by atoms with Crippen LogP contribution in [0, 0.1) is 20.8 Å². The van der Waals surface area contributed by atoms with Crippen LogP contribution < -0.4 is 10.9 Å². The Morgan fingerprint density at radius 2 is 2.07 bits per heavy atom. The summed E-state index contributed by atoms with van der Waals surface area (Å²) in [5.74, 6) is 0.403. The second-order valence-corrected chi connectivity index (χ2v) is 6.85. The smallest absolute Gasteiger partial charge is 0.349 e. The molecule has 0 saturated carbocycles. The van der Waals surface area contributed by atoms with E-state index in [0.29, 0.717) is 36.0 Å². The maximum atomic E-state index is 12.7. The number of rotatable bonds is 3. The first-order chi connectivity index (χ1) is 12.9. The van der Waals surface area contributed by atoms with Crippen LogP contribution in [0.2, 0.25) is 0 Å². The number of nitrogens with one attached hydrogen (secondary N) is 1. The largest absolute Gasteiger partial charge is 0.427 e. The Morgan fingerprint density at radius 1 is 1.26 bits per heavy atom. The molecule has 8 heteroatoms. The molecule has 1 atom stereocenters. The molecule has 0 aromatic carbocycles. The standard InChI is InChI=1S/C19H20N4O4/c1-10-6-14(13-4-5-26-9-13)27-19(25)17(10)18(24)21-15-8-16-20-11(2)7-12(3)23(16)22-15/h6-8,13H,4-5,9H2,1-3H3,(H,21,22,24). The SMILES string of the molecule is Cc1cc(C)n2nc(NC(=O)c3c(C)cc(C4CCOC4)oc3=O)cc2n1. The van der Waals surface area contributed by atoms with E-state index in [1.165, 1.54) is 0 Å². The van der Waals surface area contributed by atoms with Gasteiger partial charge in [-0.1, -0.05) is 0 Å². The third kappa shape index (κ3) is 3.23. The van der Waals surface area contributed by atoms with Gasteiger partial charge in [-0.05, 0) is 44.9 Å². The molecule has 1 saturated heterocycles. The molecular weight excluding hydrogens is 348 g/mol. The number of fused-ring (bicyclic) bond motifs is 1. The first-order valence-corrected chi connectivity index (χ1v) is 8.80. The molecule has 0 bridgehead atoms. The van der Waals surface area contributed by atoms with Gasteiger partial charge in [0, 0.05) is 30.0 Å². The highest BCUT2D eigenvalue weighted by Crippen LogP contribution is 2.25. The third-order valence-corrected chi connectivity index (χ3v) is 4.70. The van der Waals surface area contributed by atoms with Gasteiger partial charge < -0.3 is 14.5 Å². The topological polar surface area (TPSA) is 98.7 Å². The maximum Gasteiger partial charge on any atom is 0.349 e. The van der Waals surface area contributed by atoms with Crippen molar-refractivity contribution in [2.75, 3.05) is 18.5 Å². The Hall–Kier alpha value is -3.00. The molecule has 0 spiro atoms. The predicted octanol–water partition coefficient (Wildman–Crippen LogP) is 2.36. The molecule has 1 unspecified atom stereocenters. The summed E-state index contributed by atoms with van der Waals surface area (Å²) in [7, 11) is 0. The summed E-state index contributed by atoms with van der Waals surface area (Å²) in [6.45, 7) is 6.70. The number of carbonyl (C=O) groups is 1. The van der Waals surface area contributed by atoms with Crippen LogP contribution >= 0.6 is 0 Å². The molecule has 4 heterocycles. The average molecular weight is 368 g/mol. The van der Waals surface area contributed by atoms with Crippen molar-refractivity contribution >= 4 is 17.4 Å². The number of anilines is 1. The zero-order chi connectivity index (χ0) is 19.1. The zero-order valence-electron chi connectivity index (χ0n) is 15.4. The van der Waals surface area contributed by atoms with Gasteiger partial charge in [0.05, 0.1) is 6.61 Å². The van der Waals surface area contributed by atoms with Crippen LogP contribution in [0.1, 0.15) is 45.4 Å². The van der Waals surface area contributed by atoms with E-state index in [0.717, 1.165) is 17.8 Å². The van der Waals surface area contributed by atoms with Crippen molar-refractivity contribution in [2.24, 2.45) is 0 Å². The van der Waals surface area contributed by atoms with Gasteiger partial charge in [0.2, 0.25) is 0 Å². The highest BCUT2D eigenvalue weighted by atomic mass is 16.5. The number of carbonyl (C=O) groups excluding carboxylic acids is 1. The second-order valence-electron chi connectivity index (χ2n) is 6.85. The lowest BCUT2D eigenvalue weighted by atomic mass is 10.0. The van der Waals surface area contributed by atoms with Gasteiger partial charge in [-0.25, -0.2) is 14.3 Å². The number of aryl methyl sites for hydroxylation is 3. The second kappa shape index (κ2) is 6.62. The van der Waals surface area contributed by atoms with Crippen LogP contribution in [-0.2, 0) is 4.74 Å². The Balaban J connectivity index is 1.63. The van der Waals surface area contributed by atoms with E-state index < -0.39 is 11.5 Å². The minimum Gasteiger partial charge on any atom is -0.427 e. The number of nitrogens with zero attached hydrogens (tertiary/aromatic N) is 3. The fourth-order valence-electron chi connectivity index (χ4n) is 3.39. The van der Waals surface area contributed by atoms with E-state index in [9.17, 15) is 9.59 Å². The van der Waals surface area contributed by atoms with Crippen LogP contribution in [0.25, 0.3) is 5.65 Å². The van der Waals surface area contributed by atoms with Crippen molar-refractivity contribution in [3.8, 4) is 0 Å². The Bertz CT molecular complexity index is 1090. The summed E-state index contributed by atoms with van der Waals surface area (Å²) in [6.07, 6.45) is 0.806. The van der Waals surface area contributed by atoms with Crippen molar-refractivity contribution < 1.29 is 13.9 Å². The molecule has 8 nitrogen and oxygen atoms in total. The predicted molar refractivity (Wildman–Crippen MR) is 98.3 cm³/mol. The lowest BCUT2D eigenvalue weighted by molar-refractivity contribution is 0.102. The zero-order valence-corrected chi connectivity index (χ0v) is 15.4. The molecular formula is C19H20N4O4. The van der Waals surface area contributed by atoms with Gasteiger partial charge in [-0.15, -0.1) is 5.10 Å². The van der Waals surface area contributed by atoms with Crippen molar-refractivity contribution in [3.63, 3.8) is 0 Å². The number of amides is 1. The van der Waals surface area contributed by atoms with E-state index in [1.807, 2.05) is 19.9 Å². The number of ether oxygens (including phenoxy) is 1. The first-order valence-electron chi connectivity index (χ1n) is 8.80. The Labute approximate surface area is 155 Å². The summed E-state index contributed by atoms with van der Waals surface area (Å²) in [6, 6.07) is 5.31. The summed E-state index contributed by atoms with van der Waals surface area (Å²) in [5, 5.41) is 7.00. The number of hydrogen-bond acceptors (Lipinski definition) is 6. The molecule has 4 rings (SSSR count). The van der Waals surface area contributed by atoms with Crippen molar-refractivity contribution in [2.45, 2.75) is 33.1 Å². The minimum atomic E-state index is -0.650. The molecule has 3 aromatic rings. The lowest BCUT2D eigenvalue weighted by Crippen LogP contribution is -2.23. The highest BCUT2D eigenvalue weighted by molar-refractivity contribution is 6.04. The van der Waals surface area contributed by atoms with Crippen LogP contribution in [0.5, 0.6) is 0 Å². The van der Waals surface area contributed by atoms with E-state index in [2.05, 4.69) is 15.4 Å². The quantitative estimate of drug-likeness (QED) is 0.762. The number of aromatic nitrogens is 3. The van der Waals surface area contributed by atoms with Gasteiger partial charge in [0.15, 0.2) is 11.5 Å². The number of hydrogen-bond donors (Lipinski definition) is 1. The third-order valence-electron chi connectivity index (χ3n) is 4.70. The molecule has 1 amide bonds. The normalized spacial score (nSPS) is 16.8. The molecule has 3 aromatic heterocycles. The van der Waals surface area contributed by atoms with Crippen LogP contribution in [0.3, 0.4) is 0 Å². The average Bonchev–Trinajstić information content (AvgIpc) is 3.23. The van der Waals surface area contributed by atoms with Crippen molar-refractivity contribution in [1.82, 2.24) is 14.6 Å². The van der Waals surface area contributed by atoms with E-state index in [-0.39, 0.29) is 11.5 Å². The van der Waals surface area contributed by atoms with Crippen molar-refractivity contribution in [1.29, 1.82) is 0 Å². The summed E-state index contributed by atoms with van der Waals surface area (Å²) in [4.78, 5) is 29.5. The molecule has 140 valence electrons. The van der Waals surface area contributed by atoms with E-state index >= 15 is 0 Å². The van der Waals surface area contributed by atoms with E-state index in [4.69, 9.17) is 9.15 Å². The fourth-order valence-corrected chi connectivity index (χ4v) is 3.39. The van der Waals surface area contributed by atoms with Gasteiger partial charge in [-0.3, -0.25) is 4.79 Å². The van der Waals surface area contributed by atoms with Crippen LogP contribution in [0.15, 0.2) is 27.4 Å². The molecule has 27 heavy (non-hydrogen) atoms. The fraction of sp³-hybridized carbons (Fsp3) is 0.368. The molecule has 0 aliphatic carbocycles. The molecule has 1 aliphatic heterocycles. The minimum absolute atomic E-state index is 0.0180. The summed E-state index contributed by atoms with van der Waals surface area (Å²) in [5.41, 5.74) is 2.29. The van der Waals surface area contributed by atoms with Crippen LogP contribution in [-0.4, -0.2) is 33.7 Å². The van der Waals surface area contributed by atoms with Gasteiger partial charge in [0.1, 0.15) is 11.3 Å². The highest BCUT2D eigenvalue weighted by Gasteiger charge is 2.24. The van der Waals surface area contributed by atoms with Gasteiger partial charge in [0.25, 0.3) is 5.91 Å². The lowest BCUT2D eigenvalue weighted by Gasteiger charge is -2.09. The molecule has 1 fully saturated rings. The van der Waals surface area contributed by atoms with Crippen molar-refractivity contribution in [3.05, 3.63) is 56.9 Å². The van der Waals surface area contributed by atoms with Gasteiger partial charge >= 0.3 is 5.63 Å². The van der Waals surface area contributed by atoms with Crippen LogP contribution in [0.4, 0.5) is 5.82 Å². The Kier molecular flexibility index (Phi) is 4.27. The molecule has 0 radical (unpaired) electrons. The van der Waals surface area contributed by atoms with Gasteiger partial charge in [-0.2, -0.15) is 0 Å². The molecule has 1 N–H and O–H groups in total. The monoisotopic (exact) mass is 368 g/mol. The van der Waals surface area contributed by atoms with E-state index in [1.54, 1.807) is 23.6 Å². The molecule has 1 aliphatic rings. The summed E-state index contributed by atoms with van der Waals surface area (Å²) >= 11 is 0. The summed E-state index contributed by atoms with van der Waals surface area (Å²) < 4.78 is 12.4.